The summed E-state index contributed by atoms with van der Waals surface area (Å²) in [6.07, 6.45) is 6.91. The second-order valence-electron chi connectivity index (χ2n) is 5.96. The van der Waals surface area contributed by atoms with Crippen molar-refractivity contribution in [1.82, 2.24) is 20.2 Å². The van der Waals surface area contributed by atoms with Crippen LogP contribution in [0.25, 0.3) is 34.4 Å². The molecule has 0 saturated carbocycles. The number of aryl methyl sites for hydroxylation is 1. The Morgan fingerprint density at radius 1 is 0.962 bits per heavy atom. The van der Waals surface area contributed by atoms with Crippen molar-refractivity contribution in [3.05, 3.63) is 77.2 Å². The summed E-state index contributed by atoms with van der Waals surface area (Å²) in [5, 5.41) is 7.80. The highest BCUT2D eigenvalue weighted by Crippen LogP contribution is 2.27. The highest BCUT2D eigenvalue weighted by atomic mass is 19.1. The molecule has 0 radical (unpaired) electrons. The van der Waals surface area contributed by atoms with E-state index in [2.05, 4.69) is 20.2 Å². The van der Waals surface area contributed by atoms with Crippen LogP contribution in [-0.4, -0.2) is 20.2 Å². The first-order valence-corrected chi connectivity index (χ1v) is 8.00. The van der Waals surface area contributed by atoms with Gasteiger partial charge in [0, 0.05) is 23.8 Å². The van der Waals surface area contributed by atoms with Crippen molar-refractivity contribution < 1.29 is 8.78 Å². The molecule has 0 aliphatic carbocycles. The van der Waals surface area contributed by atoms with E-state index in [1.165, 1.54) is 18.2 Å². The number of rotatable bonds is 3. The fraction of sp³-hybridized carbons (Fsp3) is 0.0500. The predicted octanol–water partition coefficient (Wildman–Crippen LogP) is 4.78. The molecule has 128 valence electrons. The molecule has 0 fully saturated rings. The third-order valence-corrected chi connectivity index (χ3v) is 4.01. The van der Waals surface area contributed by atoms with Crippen molar-refractivity contribution in [2.24, 2.45) is 0 Å². The van der Waals surface area contributed by atoms with Gasteiger partial charge >= 0.3 is 0 Å². The number of H-pyrrole nitrogens is 1. The van der Waals surface area contributed by atoms with E-state index in [1.807, 2.05) is 13.0 Å². The molecule has 0 amide bonds. The van der Waals surface area contributed by atoms with E-state index in [9.17, 15) is 8.78 Å². The summed E-state index contributed by atoms with van der Waals surface area (Å²) >= 11 is 0. The maximum absolute atomic E-state index is 14.4. The molecular formula is C20H14F2N4. The summed E-state index contributed by atoms with van der Waals surface area (Å²) in [5.74, 6) is -0.380. The number of benzene rings is 2. The molecule has 0 aliphatic rings. The zero-order valence-corrected chi connectivity index (χ0v) is 13.9. The topological polar surface area (TPSA) is 54.5 Å². The Bertz CT molecular complexity index is 1100. The summed E-state index contributed by atoms with van der Waals surface area (Å²) in [5.41, 5.74) is 3.29. The summed E-state index contributed by atoms with van der Waals surface area (Å²) < 4.78 is 27.4. The highest BCUT2D eigenvalue weighted by molar-refractivity contribution is 5.92. The van der Waals surface area contributed by atoms with E-state index >= 15 is 0 Å². The van der Waals surface area contributed by atoms with Gasteiger partial charge in [-0.15, -0.1) is 0 Å². The maximum atomic E-state index is 14.4. The lowest BCUT2D eigenvalue weighted by Gasteiger charge is -2.03. The Morgan fingerprint density at radius 2 is 1.69 bits per heavy atom. The van der Waals surface area contributed by atoms with Crippen molar-refractivity contribution in [3.63, 3.8) is 0 Å². The van der Waals surface area contributed by atoms with Gasteiger partial charge in [-0.05, 0) is 42.3 Å². The van der Waals surface area contributed by atoms with Gasteiger partial charge in [0.15, 0.2) is 5.82 Å². The van der Waals surface area contributed by atoms with Gasteiger partial charge < -0.3 is 0 Å². The van der Waals surface area contributed by atoms with Crippen LogP contribution in [0, 0.1) is 18.6 Å². The predicted molar refractivity (Wildman–Crippen MR) is 97.1 cm³/mol. The second kappa shape index (κ2) is 6.48. The Morgan fingerprint density at radius 3 is 2.42 bits per heavy atom. The van der Waals surface area contributed by atoms with Crippen molar-refractivity contribution >= 4 is 23.1 Å². The molecule has 0 spiro atoms. The fourth-order valence-corrected chi connectivity index (χ4v) is 2.64. The molecule has 2 heterocycles. The minimum absolute atomic E-state index is 0.286. The van der Waals surface area contributed by atoms with E-state index in [0.717, 1.165) is 16.5 Å². The number of halogens is 2. The third-order valence-electron chi connectivity index (χ3n) is 4.01. The van der Waals surface area contributed by atoms with Crippen molar-refractivity contribution in [2.45, 2.75) is 6.92 Å². The largest absolute Gasteiger partial charge is 0.277 e. The number of nitrogens with one attached hydrogen (secondary N) is 1. The average Bonchev–Trinajstić information content (AvgIpc) is 3.03. The maximum Gasteiger partial charge on any atom is 0.162 e. The zero-order chi connectivity index (χ0) is 18.1. The Hall–Kier alpha value is -3.41. The molecule has 2 aromatic carbocycles. The summed E-state index contributed by atoms with van der Waals surface area (Å²) in [6.45, 7) is 1.87. The van der Waals surface area contributed by atoms with Crippen molar-refractivity contribution in [1.29, 1.82) is 0 Å². The van der Waals surface area contributed by atoms with Crippen LogP contribution in [0.3, 0.4) is 0 Å². The molecule has 1 N–H and O–H groups in total. The van der Waals surface area contributed by atoms with Crippen LogP contribution in [0.4, 0.5) is 8.78 Å². The van der Waals surface area contributed by atoms with Gasteiger partial charge in [-0.2, -0.15) is 5.10 Å². The zero-order valence-electron chi connectivity index (χ0n) is 13.9. The van der Waals surface area contributed by atoms with Gasteiger partial charge in [0.05, 0.1) is 16.8 Å². The molecule has 0 atom stereocenters. The number of hydrogen-bond donors (Lipinski definition) is 1. The van der Waals surface area contributed by atoms with E-state index in [4.69, 9.17) is 0 Å². The normalized spacial score (nSPS) is 11.5. The molecule has 4 rings (SSSR count). The average molecular weight is 348 g/mol. The minimum Gasteiger partial charge on any atom is -0.277 e. The first-order chi connectivity index (χ1) is 12.6. The first-order valence-electron chi connectivity index (χ1n) is 8.00. The molecule has 0 bridgehead atoms. The number of aromatic amines is 1. The molecule has 0 unspecified atom stereocenters. The van der Waals surface area contributed by atoms with Crippen molar-refractivity contribution in [2.75, 3.05) is 0 Å². The lowest BCUT2D eigenvalue weighted by atomic mass is 10.1. The van der Waals surface area contributed by atoms with Gasteiger partial charge in [0.2, 0.25) is 0 Å². The van der Waals surface area contributed by atoms with Gasteiger partial charge in [-0.3, -0.25) is 5.10 Å². The lowest BCUT2D eigenvalue weighted by Crippen LogP contribution is -1.92. The number of hydrogen-bond acceptors (Lipinski definition) is 3. The van der Waals surface area contributed by atoms with Crippen LogP contribution in [0.15, 0.2) is 48.8 Å². The number of aromatic nitrogens is 4. The van der Waals surface area contributed by atoms with Gasteiger partial charge in [-0.25, -0.2) is 18.7 Å². The fourth-order valence-electron chi connectivity index (χ4n) is 2.64. The molecule has 0 aliphatic heterocycles. The van der Waals surface area contributed by atoms with Gasteiger partial charge in [0.25, 0.3) is 0 Å². The van der Waals surface area contributed by atoms with E-state index in [0.29, 0.717) is 22.6 Å². The standard InChI is InChI=1S/C20H14F2N4/c1-12-10-23-20(24-11-12)15-8-16-18(25-26-19(16)9-17(15)22)7-4-13-2-5-14(21)6-3-13/h2-11H,1H3,(H,25,26). The van der Waals surface area contributed by atoms with Crippen LogP contribution in [0.5, 0.6) is 0 Å². The monoisotopic (exact) mass is 348 g/mol. The Labute approximate surface area is 148 Å². The number of nitrogens with zero attached hydrogens (tertiary/aromatic N) is 3. The van der Waals surface area contributed by atoms with Crippen LogP contribution < -0.4 is 0 Å². The molecule has 4 aromatic rings. The van der Waals surface area contributed by atoms with Gasteiger partial charge in [-0.1, -0.05) is 18.2 Å². The molecule has 2 aromatic heterocycles. The Kier molecular flexibility index (Phi) is 4.01. The first kappa shape index (κ1) is 16.1. The molecule has 0 saturated heterocycles. The van der Waals surface area contributed by atoms with E-state index < -0.39 is 5.82 Å². The van der Waals surface area contributed by atoms with Crippen LogP contribution >= 0.6 is 0 Å². The minimum atomic E-state index is -0.418. The van der Waals surface area contributed by atoms with E-state index in [1.54, 1.807) is 36.7 Å². The van der Waals surface area contributed by atoms with Crippen LogP contribution in [0.2, 0.25) is 0 Å². The summed E-state index contributed by atoms with van der Waals surface area (Å²) in [6, 6.07) is 9.20. The summed E-state index contributed by atoms with van der Waals surface area (Å²) in [7, 11) is 0. The molecule has 4 nitrogen and oxygen atoms in total. The lowest BCUT2D eigenvalue weighted by molar-refractivity contribution is 0.627. The molecular weight excluding hydrogens is 334 g/mol. The molecule has 26 heavy (non-hydrogen) atoms. The van der Waals surface area contributed by atoms with Crippen LogP contribution in [-0.2, 0) is 0 Å². The summed E-state index contributed by atoms with van der Waals surface area (Å²) in [4.78, 5) is 8.39. The molecule has 6 heteroatoms. The highest BCUT2D eigenvalue weighted by Gasteiger charge is 2.13. The SMILES string of the molecule is Cc1cnc(-c2cc3c(C=Cc4ccc(F)cc4)n[nH]c3cc2F)nc1. The smallest absolute Gasteiger partial charge is 0.162 e. The Balaban J connectivity index is 1.76. The van der Waals surface area contributed by atoms with Gasteiger partial charge in [0.1, 0.15) is 11.6 Å². The van der Waals surface area contributed by atoms with E-state index in [-0.39, 0.29) is 5.82 Å². The van der Waals surface area contributed by atoms with Crippen LogP contribution in [0.1, 0.15) is 16.8 Å². The number of fused-ring (bicyclic) bond motifs is 1. The van der Waals surface area contributed by atoms with Crippen molar-refractivity contribution in [3.8, 4) is 11.4 Å². The third kappa shape index (κ3) is 3.09. The second-order valence-corrected chi connectivity index (χ2v) is 5.96. The quantitative estimate of drug-likeness (QED) is 0.580.